The van der Waals surface area contributed by atoms with Gasteiger partial charge in [0.2, 0.25) is 0 Å². The van der Waals surface area contributed by atoms with Crippen LogP contribution in [0.25, 0.3) is 0 Å². The molecule has 2 aliphatic carbocycles. The van der Waals surface area contributed by atoms with Gasteiger partial charge in [-0.25, -0.2) is 13.8 Å². The van der Waals surface area contributed by atoms with E-state index in [1.165, 1.54) is 37.8 Å². The van der Waals surface area contributed by atoms with E-state index in [4.69, 9.17) is 9.84 Å². The van der Waals surface area contributed by atoms with E-state index < -0.39 is 29.3 Å². The van der Waals surface area contributed by atoms with Crippen molar-refractivity contribution in [2.75, 3.05) is 0 Å². The molecule has 0 saturated heterocycles. The van der Waals surface area contributed by atoms with Gasteiger partial charge in [0.05, 0.1) is 16.6 Å². The zero-order valence-electron chi connectivity index (χ0n) is 15.2. The summed E-state index contributed by atoms with van der Waals surface area (Å²) < 4.78 is 34.1. The lowest BCUT2D eigenvalue weighted by Crippen LogP contribution is -2.04. The third-order valence-corrected chi connectivity index (χ3v) is 6.57. The van der Waals surface area contributed by atoms with E-state index in [9.17, 15) is 13.6 Å². The van der Waals surface area contributed by atoms with Crippen LogP contribution in [0.4, 0.5) is 8.78 Å². The number of hydrogen-bond donors (Lipinski definition) is 1. The Morgan fingerprint density at radius 2 is 1.93 bits per heavy atom. The summed E-state index contributed by atoms with van der Waals surface area (Å²) in [4.78, 5) is 15.5. The Hall–Kier alpha value is -2.15. The van der Waals surface area contributed by atoms with Crippen molar-refractivity contribution in [1.29, 1.82) is 0 Å². The Kier molecular flexibility index (Phi) is 5.53. The maximum Gasteiger partial charge on any atom is 0.307 e. The summed E-state index contributed by atoms with van der Waals surface area (Å²) in [5.74, 6) is -3.92. The number of aromatic nitrogens is 1. The van der Waals surface area contributed by atoms with Crippen LogP contribution in [0.2, 0.25) is 0 Å². The Bertz CT molecular complexity index is 863. The maximum absolute atomic E-state index is 14.3. The molecule has 2 fully saturated rings. The molecule has 4 nitrogen and oxygen atoms in total. The number of nitrogens with zero attached hydrogens (tertiary/aromatic N) is 1. The fourth-order valence-electron chi connectivity index (χ4n) is 3.69. The second kappa shape index (κ2) is 8.07. The second-order valence-corrected chi connectivity index (χ2v) is 8.70. The number of carboxylic acid groups (broad SMARTS) is 1. The standard InChI is InChI=1S/C21H21F2NO3S/c22-17-8-12(15-10-16(15)21(25)26)9-18(23)20(17)27-11-13-4-3-7-19(24-13)28-14-5-1-2-6-14/h3-4,7-9,14-16H,1-2,5-6,10-11H2,(H,25,26). The Labute approximate surface area is 166 Å². The van der Waals surface area contributed by atoms with Crippen LogP contribution in [0.3, 0.4) is 0 Å². The van der Waals surface area contributed by atoms with Crippen molar-refractivity contribution in [1.82, 2.24) is 4.98 Å². The number of hydrogen-bond acceptors (Lipinski definition) is 4. The average molecular weight is 405 g/mol. The minimum absolute atomic E-state index is 0.0343. The monoisotopic (exact) mass is 405 g/mol. The summed E-state index contributed by atoms with van der Waals surface area (Å²) in [5.41, 5.74) is 0.974. The highest BCUT2D eigenvalue weighted by atomic mass is 32.2. The van der Waals surface area contributed by atoms with E-state index in [0.717, 1.165) is 5.03 Å². The van der Waals surface area contributed by atoms with Crippen LogP contribution >= 0.6 is 11.8 Å². The predicted molar refractivity (Wildman–Crippen MR) is 102 cm³/mol. The third kappa shape index (κ3) is 4.29. The molecule has 148 valence electrons. The topological polar surface area (TPSA) is 59.4 Å². The van der Waals surface area contributed by atoms with E-state index in [2.05, 4.69) is 4.98 Å². The van der Waals surface area contributed by atoms with Gasteiger partial charge < -0.3 is 9.84 Å². The molecule has 0 amide bonds. The lowest BCUT2D eigenvalue weighted by molar-refractivity contribution is -0.138. The fourth-order valence-corrected chi connectivity index (χ4v) is 4.93. The second-order valence-electron chi connectivity index (χ2n) is 7.38. The van der Waals surface area contributed by atoms with Gasteiger partial charge in [0, 0.05) is 5.25 Å². The summed E-state index contributed by atoms with van der Waals surface area (Å²) in [6, 6.07) is 7.93. The lowest BCUT2D eigenvalue weighted by atomic mass is 10.1. The van der Waals surface area contributed by atoms with Crippen LogP contribution in [0.5, 0.6) is 5.75 Å². The fraction of sp³-hybridized carbons (Fsp3) is 0.429. The molecule has 0 aliphatic heterocycles. The maximum atomic E-state index is 14.3. The molecular weight excluding hydrogens is 384 g/mol. The number of carbonyl (C=O) groups is 1. The first-order chi connectivity index (χ1) is 13.5. The van der Waals surface area contributed by atoms with Gasteiger partial charge in [-0.15, -0.1) is 11.8 Å². The molecule has 2 aliphatic rings. The highest BCUT2D eigenvalue weighted by Gasteiger charge is 2.44. The average Bonchev–Trinajstić information content (AvgIpc) is 3.32. The van der Waals surface area contributed by atoms with Crippen LogP contribution in [-0.4, -0.2) is 21.3 Å². The first-order valence-corrected chi connectivity index (χ1v) is 10.4. The van der Waals surface area contributed by atoms with Gasteiger partial charge in [-0.3, -0.25) is 4.79 Å². The Balaban J connectivity index is 1.41. The third-order valence-electron chi connectivity index (χ3n) is 5.29. The van der Waals surface area contributed by atoms with Crippen LogP contribution < -0.4 is 4.74 Å². The van der Waals surface area contributed by atoms with Crippen LogP contribution in [0, 0.1) is 17.6 Å². The van der Waals surface area contributed by atoms with E-state index in [1.807, 2.05) is 12.1 Å². The van der Waals surface area contributed by atoms with E-state index in [0.29, 0.717) is 22.9 Å². The zero-order chi connectivity index (χ0) is 19.7. The molecule has 1 N–H and O–H groups in total. The predicted octanol–water partition coefficient (Wildman–Crippen LogP) is 5.16. The molecule has 0 spiro atoms. The van der Waals surface area contributed by atoms with Gasteiger partial charge >= 0.3 is 5.97 Å². The summed E-state index contributed by atoms with van der Waals surface area (Å²) in [7, 11) is 0. The van der Waals surface area contributed by atoms with Gasteiger partial charge in [0.25, 0.3) is 0 Å². The summed E-state index contributed by atoms with van der Waals surface area (Å²) in [6.45, 7) is -0.0343. The smallest absolute Gasteiger partial charge is 0.307 e. The number of pyridine rings is 1. The number of thioether (sulfide) groups is 1. The van der Waals surface area contributed by atoms with Crippen molar-refractivity contribution in [3.05, 3.63) is 53.2 Å². The van der Waals surface area contributed by atoms with Gasteiger partial charge in [-0.05, 0) is 55.0 Å². The van der Waals surface area contributed by atoms with E-state index in [1.54, 1.807) is 17.8 Å². The Morgan fingerprint density at radius 1 is 1.21 bits per heavy atom. The van der Waals surface area contributed by atoms with Gasteiger partial charge in [0.1, 0.15) is 6.61 Å². The van der Waals surface area contributed by atoms with Crippen molar-refractivity contribution in [2.24, 2.45) is 5.92 Å². The minimum atomic E-state index is -0.937. The molecule has 28 heavy (non-hydrogen) atoms. The van der Waals surface area contributed by atoms with Gasteiger partial charge in [0.15, 0.2) is 17.4 Å². The molecule has 0 bridgehead atoms. The molecule has 2 atom stereocenters. The van der Waals surface area contributed by atoms with Crippen LogP contribution in [0.1, 0.15) is 49.3 Å². The largest absolute Gasteiger partial charge is 0.481 e. The highest BCUT2D eigenvalue weighted by Crippen LogP contribution is 2.48. The van der Waals surface area contributed by atoms with Crippen molar-refractivity contribution in [2.45, 2.75) is 54.9 Å². The molecular formula is C21H21F2NO3S. The minimum Gasteiger partial charge on any atom is -0.481 e. The molecule has 2 unspecified atom stereocenters. The van der Waals surface area contributed by atoms with Crippen molar-refractivity contribution >= 4 is 17.7 Å². The van der Waals surface area contributed by atoms with Crippen molar-refractivity contribution < 1.29 is 23.4 Å². The first-order valence-electron chi connectivity index (χ1n) is 9.48. The van der Waals surface area contributed by atoms with Crippen molar-refractivity contribution in [3.63, 3.8) is 0 Å². The summed E-state index contributed by atoms with van der Waals surface area (Å²) in [5, 5.41) is 10.5. The van der Waals surface area contributed by atoms with Crippen LogP contribution in [-0.2, 0) is 11.4 Å². The van der Waals surface area contributed by atoms with E-state index >= 15 is 0 Å². The number of ether oxygens (including phenoxy) is 1. The number of benzene rings is 1. The Morgan fingerprint density at radius 3 is 2.57 bits per heavy atom. The number of carboxylic acids is 1. The van der Waals surface area contributed by atoms with Gasteiger partial charge in [-0.2, -0.15) is 0 Å². The molecule has 2 aromatic rings. The first kappa shape index (κ1) is 19.2. The number of halogens is 2. The van der Waals surface area contributed by atoms with Gasteiger partial charge in [-0.1, -0.05) is 18.9 Å². The van der Waals surface area contributed by atoms with Crippen LogP contribution in [0.15, 0.2) is 35.4 Å². The lowest BCUT2D eigenvalue weighted by Gasteiger charge is -2.11. The SMILES string of the molecule is O=C(O)C1CC1c1cc(F)c(OCc2cccc(SC3CCCC3)n2)c(F)c1. The normalized spacial score (nSPS) is 21.6. The molecule has 2 saturated carbocycles. The van der Waals surface area contributed by atoms with Crippen molar-refractivity contribution in [3.8, 4) is 5.75 Å². The summed E-state index contributed by atoms with van der Waals surface area (Å²) >= 11 is 1.75. The number of rotatable bonds is 7. The zero-order valence-corrected chi connectivity index (χ0v) is 16.1. The summed E-state index contributed by atoms with van der Waals surface area (Å²) in [6.07, 6.45) is 5.30. The molecule has 0 radical (unpaired) electrons. The molecule has 1 aromatic carbocycles. The quantitative estimate of drug-likeness (QED) is 0.689. The molecule has 1 heterocycles. The van der Waals surface area contributed by atoms with E-state index in [-0.39, 0.29) is 12.5 Å². The highest BCUT2D eigenvalue weighted by molar-refractivity contribution is 7.99. The molecule has 1 aromatic heterocycles. The number of aliphatic carboxylic acids is 1. The molecule has 7 heteroatoms. The molecule has 4 rings (SSSR count).